The van der Waals surface area contributed by atoms with Crippen LogP contribution in [0.5, 0.6) is 5.75 Å². The molecule has 0 aliphatic carbocycles. The van der Waals surface area contributed by atoms with Crippen LogP contribution >= 0.6 is 20.0 Å². The Kier molecular flexibility index (Phi) is 9.60. The van der Waals surface area contributed by atoms with Crippen molar-refractivity contribution in [1.29, 1.82) is 0 Å². The number of amides is 2. The number of anilines is 1. The summed E-state index contributed by atoms with van der Waals surface area (Å²) in [6.07, 6.45) is 3.04. The smallest absolute Gasteiger partial charge is 0.281 e. The monoisotopic (exact) mass is 547 g/mol. The van der Waals surface area contributed by atoms with Crippen molar-refractivity contribution in [2.75, 3.05) is 4.72 Å². The highest BCUT2D eigenvalue weighted by atomic mass is 35.5. The standard InChI is InChI=1S/C21H17ClN5O5PS.C2H6/c1-13-18(20(29)27(25-13)19(28)14-3-5-15(22)6-4-14)33(30)32-16-7-9-17(10-8-16)34(31)26-21-23-11-2-12-24-21;1-2/h2-12,18,30H,1H3,(H,23,24,26);1-2H3. The van der Waals surface area contributed by atoms with Crippen LogP contribution in [0.3, 0.4) is 0 Å². The summed E-state index contributed by atoms with van der Waals surface area (Å²) in [5.41, 5.74) is -0.612. The molecule has 1 aromatic heterocycles. The molecule has 2 amide bonds. The second-order valence-electron chi connectivity index (χ2n) is 6.91. The first-order valence-electron chi connectivity index (χ1n) is 10.7. The number of nitrogens with zero attached hydrogens (tertiary/aromatic N) is 4. The second-order valence-corrected chi connectivity index (χ2v) is 9.87. The number of hydrogen-bond donors (Lipinski definition) is 2. The number of benzene rings is 2. The number of rotatable bonds is 7. The zero-order chi connectivity index (χ0) is 26.2. The molecular formula is C23H23ClN5O5PS. The van der Waals surface area contributed by atoms with Crippen molar-refractivity contribution in [2.24, 2.45) is 5.10 Å². The Balaban J connectivity index is 0.00000176. The number of halogens is 1. The van der Waals surface area contributed by atoms with Crippen molar-refractivity contribution in [3.05, 3.63) is 77.6 Å². The van der Waals surface area contributed by atoms with E-state index in [-0.39, 0.29) is 23.0 Å². The molecule has 3 aromatic rings. The van der Waals surface area contributed by atoms with Crippen LogP contribution < -0.4 is 9.25 Å². The maximum atomic E-state index is 12.8. The molecule has 0 radical (unpaired) electrons. The van der Waals surface area contributed by atoms with Gasteiger partial charge >= 0.3 is 0 Å². The number of carbonyl (C=O) groups excluding carboxylic acids is 2. The number of imide groups is 1. The maximum Gasteiger partial charge on any atom is 0.281 e. The molecule has 1 aliphatic heterocycles. The number of hydrogen-bond acceptors (Lipinski definition) is 8. The lowest BCUT2D eigenvalue weighted by Crippen LogP contribution is -2.35. The summed E-state index contributed by atoms with van der Waals surface area (Å²) in [5.74, 6) is -0.842. The number of hydrazone groups is 1. The molecule has 13 heteroatoms. The van der Waals surface area contributed by atoms with Crippen molar-refractivity contribution < 1.29 is 23.2 Å². The molecule has 2 N–H and O–H groups in total. The van der Waals surface area contributed by atoms with Crippen LogP contribution in [0.2, 0.25) is 5.02 Å². The van der Waals surface area contributed by atoms with E-state index in [1.54, 1.807) is 18.2 Å². The van der Waals surface area contributed by atoms with E-state index in [1.807, 2.05) is 13.8 Å². The molecule has 1 aliphatic rings. The average molecular weight is 548 g/mol. The van der Waals surface area contributed by atoms with Crippen molar-refractivity contribution in [3.8, 4) is 5.75 Å². The van der Waals surface area contributed by atoms with E-state index in [1.165, 1.54) is 55.7 Å². The molecule has 0 saturated carbocycles. The molecule has 0 bridgehead atoms. The lowest BCUT2D eigenvalue weighted by atomic mass is 10.2. The normalized spacial score (nSPS) is 16.4. The fraction of sp³-hybridized carbons (Fsp3) is 0.174. The molecule has 0 saturated heterocycles. The molecule has 2 heterocycles. The fourth-order valence-electron chi connectivity index (χ4n) is 2.95. The van der Waals surface area contributed by atoms with Crippen molar-refractivity contribution >= 4 is 54.4 Å². The zero-order valence-electron chi connectivity index (χ0n) is 19.5. The van der Waals surface area contributed by atoms with Gasteiger partial charge in [0.2, 0.25) is 14.3 Å². The van der Waals surface area contributed by atoms with E-state index in [9.17, 15) is 18.7 Å². The third-order valence-corrected chi connectivity index (χ3v) is 7.34. The Morgan fingerprint density at radius 3 is 2.33 bits per heavy atom. The Hall–Kier alpha value is -3.24. The van der Waals surface area contributed by atoms with Gasteiger partial charge in [-0.15, -0.1) is 0 Å². The highest BCUT2D eigenvalue weighted by Gasteiger charge is 2.44. The van der Waals surface area contributed by atoms with Crippen LogP contribution in [0.4, 0.5) is 5.95 Å². The molecule has 2 aromatic carbocycles. The van der Waals surface area contributed by atoms with Gasteiger partial charge < -0.3 is 9.42 Å². The maximum absolute atomic E-state index is 12.8. The topological polar surface area (TPSA) is 134 Å². The lowest BCUT2D eigenvalue weighted by molar-refractivity contribution is -0.126. The zero-order valence-corrected chi connectivity index (χ0v) is 22.0. The fourth-order valence-corrected chi connectivity index (χ4v) is 4.96. The summed E-state index contributed by atoms with van der Waals surface area (Å²) in [7, 11) is -3.95. The van der Waals surface area contributed by atoms with E-state index in [0.717, 1.165) is 5.01 Å². The Morgan fingerprint density at radius 1 is 1.11 bits per heavy atom. The SMILES string of the molecule is CC.CC1=NN(C(=O)c2ccc(Cl)cc2)C(=O)C1P(O)Oc1ccc(S(=O)Nc2ncccn2)cc1. The minimum Gasteiger partial charge on any atom is -0.446 e. The molecule has 4 rings (SSSR count). The van der Waals surface area contributed by atoms with Gasteiger partial charge in [0.15, 0.2) is 16.6 Å². The van der Waals surface area contributed by atoms with Crippen LogP contribution in [-0.2, 0) is 15.8 Å². The minimum absolute atomic E-state index is 0.215. The van der Waals surface area contributed by atoms with Crippen LogP contribution in [0, 0.1) is 0 Å². The van der Waals surface area contributed by atoms with Gasteiger partial charge in [0.05, 0.1) is 10.6 Å². The van der Waals surface area contributed by atoms with Crippen molar-refractivity contribution in [1.82, 2.24) is 15.0 Å². The first-order valence-corrected chi connectivity index (χ1v) is 13.5. The van der Waals surface area contributed by atoms with Gasteiger partial charge in [0, 0.05) is 23.0 Å². The third kappa shape index (κ3) is 6.50. The van der Waals surface area contributed by atoms with Crippen LogP contribution in [0.25, 0.3) is 0 Å². The first-order chi connectivity index (χ1) is 17.3. The summed E-state index contributed by atoms with van der Waals surface area (Å²) in [4.78, 5) is 44.4. The van der Waals surface area contributed by atoms with Crippen molar-refractivity contribution in [3.63, 3.8) is 0 Å². The van der Waals surface area contributed by atoms with E-state index >= 15 is 0 Å². The first kappa shape index (κ1) is 27.3. The molecule has 0 spiro atoms. The summed E-state index contributed by atoms with van der Waals surface area (Å²) in [5, 5.41) is 5.20. The van der Waals surface area contributed by atoms with Gasteiger partial charge in [0.25, 0.3) is 11.8 Å². The summed E-state index contributed by atoms with van der Waals surface area (Å²) >= 11 is 5.84. The summed E-state index contributed by atoms with van der Waals surface area (Å²) < 4.78 is 20.6. The second kappa shape index (κ2) is 12.6. The van der Waals surface area contributed by atoms with E-state index in [2.05, 4.69) is 19.8 Å². The highest BCUT2D eigenvalue weighted by Crippen LogP contribution is 2.43. The molecule has 3 atom stereocenters. The molecular weight excluding hydrogens is 525 g/mol. The van der Waals surface area contributed by atoms with Gasteiger partial charge in [0.1, 0.15) is 5.75 Å². The lowest BCUT2D eigenvalue weighted by Gasteiger charge is -2.18. The molecule has 3 unspecified atom stereocenters. The molecule has 188 valence electrons. The van der Waals surface area contributed by atoms with Crippen molar-refractivity contribution in [2.45, 2.75) is 31.3 Å². The molecule has 10 nitrogen and oxygen atoms in total. The minimum atomic E-state index is -2.33. The predicted molar refractivity (Wildman–Crippen MR) is 139 cm³/mol. The van der Waals surface area contributed by atoms with Gasteiger partial charge in [-0.3, -0.25) is 14.3 Å². The van der Waals surface area contributed by atoms with E-state index in [0.29, 0.717) is 9.92 Å². The predicted octanol–water partition coefficient (Wildman–Crippen LogP) is 4.40. The van der Waals surface area contributed by atoms with Gasteiger partial charge in [-0.1, -0.05) is 25.4 Å². The Labute approximate surface area is 216 Å². The van der Waals surface area contributed by atoms with Gasteiger partial charge in [-0.2, -0.15) is 10.1 Å². The summed E-state index contributed by atoms with van der Waals surface area (Å²) in [6.45, 7) is 5.54. The highest BCUT2D eigenvalue weighted by molar-refractivity contribution is 7.86. The van der Waals surface area contributed by atoms with E-state index < -0.39 is 36.8 Å². The number of nitrogens with one attached hydrogen (secondary N) is 1. The van der Waals surface area contributed by atoms with Crippen LogP contribution in [0.1, 0.15) is 31.1 Å². The largest absolute Gasteiger partial charge is 0.446 e. The Bertz CT molecular complexity index is 1260. The molecule has 36 heavy (non-hydrogen) atoms. The number of aromatic nitrogens is 2. The van der Waals surface area contributed by atoms with Gasteiger partial charge in [-0.05, 0) is 61.5 Å². The van der Waals surface area contributed by atoms with Crippen LogP contribution in [0.15, 0.2) is 77.0 Å². The third-order valence-electron chi connectivity index (χ3n) is 4.59. The van der Waals surface area contributed by atoms with Gasteiger partial charge in [-0.25, -0.2) is 14.2 Å². The average Bonchev–Trinajstić information content (AvgIpc) is 3.20. The number of carbonyl (C=O) groups is 2. The Morgan fingerprint density at radius 2 is 1.72 bits per heavy atom. The van der Waals surface area contributed by atoms with Crippen LogP contribution in [-0.4, -0.2) is 47.3 Å². The van der Waals surface area contributed by atoms with E-state index in [4.69, 9.17) is 16.1 Å². The quantitative estimate of drug-likeness (QED) is 0.331. The summed E-state index contributed by atoms with van der Waals surface area (Å²) in [6, 6.07) is 13.8. The molecule has 0 fully saturated rings.